The molecular weight excluding hydrogens is 378 g/mol. The maximum absolute atomic E-state index is 13.3. The summed E-state index contributed by atoms with van der Waals surface area (Å²) in [5.41, 5.74) is 1.12. The Hall–Kier alpha value is -2.77. The largest absolute Gasteiger partial charge is 0.381 e. The minimum Gasteiger partial charge on any atom is -0.381 e. The van der Waals surface area contributed by atoms with E-state index in [0.717, 1.165) is 11.1 Å². The summed E-state index contributed by atoms with van der Waals surface area (Å²) in [6.07, 6.45) is 5.95. The van der Waals surface area contributed by atoms with E-state index in [9.17, 15) is 4.79 Å². The molecule has 0 saturated carbocycles. The summed E-state index contributed by atoms with van der Waals surface area (Å²) in [5.74, 6) is 0.607. The molecule has 0 unspecified atom stereocenters. The number of pyridine rings is 1. The number of carbonyl (C=O) groups is 1. The van der Waals surface area contributed by atoms with Gasteiger partial charge in [0, 0.05) is 36.5 Å². The summed E-state index contributed by atoms with van der Waals surface area (Å²) in [5, 5.41) is 7.85. The van der Waals surface area contributed by atoms with Crippen LogP contribution in [0.15, 0.2) is 55.2 Å². The first kappa shape index (κ1) is 18.6. The molecule has 1 aromatic carbocycles. The second-order valence-corrected chi connectivity index (χ2v) is 7.15. The van der Waals surface area contributed by atoms with Gasteiger partial charge in [-0.2, -0.15) is 5.10 Å². The lowest BCUT2D eigenvalue weighted by atomic mass is 9.73. The molecule has 2 aromatic heterocycles. The third-order valence-corrected chi connectivity index (χ3v) is 5.34. The van der Waals surface area contributed by atoms with Crippen molar-refractivity contribution in [2.45, 2.75) is 24.8 Å². The molecule has 8 heteroatoms. The van der Waals surface area contributed by atoms with Crippen LogP contribution in [-0.2, 0) is 21.5 Å². The third-order valence-electron chi connectivity index (χ3n) is 5.10. The van der Waals surface area contributed by atoms with E-state index in [4.69, 9.17) is 16.3 Å². The van der Waals surface area contributed by atoms with E-state index in [0.29, 0.717) is 43.4 Å². The number of benzene rings is 1. The highest BCUT2D eigenvalue weighted by Gasteiger charge is 2.41. The zero-order valence-electron chi connectivity index (χ0n) is 15.2. The first-order valence-corrected chi connectivity index (χ1v) is 9.48. The monoisotopic (exact) mass is 397 g/mol. The van der Waals surface area contributed by atoms with Crippen molar-refractivity contribution in [2.75, 3.05) is 13.2 Å². The Morgan fingerprint density at radius 3 is 2.86 bits per heavy atom. The van der Waals surface area contributed by atoms with Crippen LogP contribution in [0.2, 0.25) is 5.02 Å². The topological polar surface area (TPSA) is 81.9 Å². The Kier molecular flexibility index (Phi) is 5.36. The van der Waals surface area contributed by atoms with Crippen molar-refractivity contribution in [1.29, 1.82) is 0 Å². The van der Waals surface area contributed by atoms with Crippen LogP contribution in [0.25, 0.3) is 5.82 Å². The standard InChI is InChI=1S/C20H20ClN5O2/c21-17-5-1-4-16(11-17)20(6-9-28-10-7-20)19(27)24-12-15-3-2-8-23-18(15)26-14-22-13-25-26/h1-5,8,11,13-14H,6-7,9-10,12H2,(H,24,27). The molecule has 1 fully saturated rings. The highest BCUT2D eigenvalue weighted by molar-refractivity contribution is 6.30. The van der Waals surface area contributed by atoms with Gasteiger partial charge in [-0.15, -0.1) is 0 Å². The summed E-state index contributed by atoms with van der Waals surface area (Å²) in [7, 11) is 0. The minimum absolute atomic E-state index is 0.0357. The average Bonchev–Trinajstić information content (AvgIpc) is 3.27. The van der Waals surface area contributed by atoms with Gasteiger partial charge >= 0.3 is 0 Å². The van der Waals surface area contributed by atoms with Crippen molar-refractivity contribution in [2.24, 2.45) is 0 Å². The SMILES string of the molecule is O=C(NCc1cccnc1-n1cncn1)C1(c2cccc(Cl)c2)CCOCC1. The van der Waals surface area contributed by atoms with Gasteiger partial charge in [-0.1, -0.05) is 29.8 Å². The number of hydrogen-bond acceptors (Lipinski definition) is 5. The smallest absolute Gasteiger partial charge is 0.231 e. The Balaban J connectivity index is 1.58. The summed E-state index contributed by atoms with van der Waals surface area (Å²) >= 11 is 6.19. The van der Waals surface area contributed by atoms with E-state index in [2.05, 4.69) is 20.4 Å². The van der Waals surface area contributed by atoms with Crippen molar-refractivity contribution in [3.8, 4) is 5.82 Å². The van der Waals surface area contributed by atoms with Gasteiger partial charge in [0.1, 0.15) is 12.7 Å². The van der Waals surface area contributed by atoms with E-state index < -0.39 is 5.41 Å². The number of hydrogen-bond donors (Lipinski definition) is 1. The molecule has 3 heterocycles. The van der Waals surface area contributed by atoms with Gasteiger partial charge < -0.3 is 10.1 Å². The Labute approximate surface area is 167 Å². The van der Waals surface area contributed by atoms with Crippen LogP contribution in [0.1, 0.15) is 24.0 Å². The fraction of sp³-hybridized carbons (Fsp3) is 0.300. The van der Waals surface area contributed by atoms with E-state index in [1.807, 2.05) is 36.4 Å². The molecule has 1 amide bonds. The Morgan fingerprint density at radius 1 is 1.25 bits per heavy atom. The van der Waals surface area contributed by atoms with Crippen LogP contribution in [-0.4, -0.2) is 38.9 Å². The zero-order chi connectivity index (χ0) is 19.4. The minimum atomic E-state index is -0.654. The molecule has 7 nitrogen and oxygen atoms in total. The molecule has 0 aliphatic carbocycles. The van der Waals surface area contributed by atoms with Crippen molar-refractivity contribution < 1.29 is 9.53 Å². The summed E-state index contributed by atoms with van der Waals surface area (Å²) in [6, 6.07) is 11.3. The summed E-state index contributed by atoms with van der Waals surface area (Å²) < 4.78 is 7.10. The molecule has 0 radical (unpaired) electrons. The fourth-order valence-electron chi connectivity index (χ4n) is 3.59. The van der Waals surface area contributed by atoms with Gasteiger partial charge in [-0.25, -0.2) is 14.6 Å². The molecule has 4 rings (SSSR count). The van der Waals surface area contributed by atoms with Gasteiger partial charge in [0.15, 0.2) is 5.82 Å². The normalized spacial score (nSPS) is 15.9. The molecule has 1 N–H and O–H groups in total. The molecule has 28 heavy (non-hydrogen) atoms. The second-order valence-electron chi connectivity index (χ2n) is 6.71. The van der Waals surface area contributed by atoms with E-state index >= 15 is 0 Å². The quantitative estimate of drug-likeness (QED) is 0.715. The second kappa shape index (κ2) is 8.08. The van der Waals surface area contributed by atoms with Crippen molar-refractivity contribution >= 4 is 17.5 Å². The number of halogens is 1. The third kappa shape index (κ3) is 3.63. The predicted molar refractivity (Wildman–Crippen MR) is 104 cm³/mol. The van der Waals surface area contributed by atoms with Crippen molar-refractivity contribution in [3.63, 3.8) is 0 Å². The molecule has 0 atom stereocenters. The van der Waals surface area contributed by atoms with Crippen molar-refractivity contribution in [1.82, 2.24) is 25.1 Å². The van der Waals surface area contributed by atoms with Gasteiger partial charge in [0.25, 0.3) is 0 Å². The van der Waals surface area contributed by atoms with E-state index in [-0.39, 0.29) is 5.91 Å². The Bertz CT molecular complexity index is 955. The maximum Gasteiger partial charge on any atom is 0.231 e. The molecule has 1 aliphatic heterocycles. The number of nitrogens with zero attached hydrogens (tertiary/aromatic N) is 4. The molecular formula is C20H20ClN5O2. The van der Waals surface area contributed by atoms with Crippen LogP contribution >= 0.6 is 11.6 Å². The highest BCUT2D eigenvalue weighted by Crippen LogP contribution is 2.36. The first-order chi connectivity index (χ1) is 13.7. The number of aromatic nitrogens is 4. The van der Waals surface area contributed by atoms with Crippen LogP contribution in [0.4, 0.5) is 0 Å². The number of ether oxygens (including phenoxy) is 1. The van der Waals surface area contributed by atoms with Crippen LogP contribution < -0.4 is 5.32 Å². The molecule has 144 valence electrons. The molecule has 1 saturated heterocycles. The Morgan fingerprint density at radius 2 is 2.11 bits per heavy atom. The average molecular weight is 398 g/mol. The van der Waals surface area contributed by atoms with Gasteiger partial charge in [0.2, 0.25) is 5.91 Å². The molecule has 1 aliphatic rings. The summed E-state index contributed by atoms with van der Waals surface area (Å²) in [4.78, 5) is 21.7. The first-order valence-electron chi connectivity index (χ1n) is 9.10. The van der Waals surface area contributed by atoms with Gasteiger partial charge in [-0.05, 0) is 36.6 Å². The van der Waals surface area contributed by atoms with E-state index in [1.165, 1.54) is 6.33 Å². The number of rotatable bonds is 5. The fourth-order valence-corrected chi connectivity index (χ4v) is 3.78. The predicted octanol–water partition coefficient (Wildman–Crippen LogP) is 2.68. The number of carbonyl (C=O) groups excluding carboxylic acids is 1. The molecule has 0 spiro atoms. The lowest BCUT2D eigenvalue weighted by molar-refractivity contribution is -0.130. The van der Waals surface area contributed by atoms with Gasteiger partial charge in [0.05, 0.1) is 5.41 Å². The van der Waals surface area contributed by atoms with Gasteiger partial charge in [-0.3, -0.25) is 4.79 Å². The lowest BCUT2D eigenvalue weighted by Gasteiger charge is -2.36. The number of amides is 1. The van der Waals surface area contributed by atoms with Crippen LogP contribution in [0.5, 0.6) is 0 Å². The maximum atomic E-state index is 13.3. The van der Waals surface area contributed by atoms with Crippen molar-refractivity contribution in [3.05, 3.63) is 71.4 Å². The molecule has 0 bridgehead atoms. The molecule has 3 aromatic rings. The zero-order valence-corrected chi connectivity index (χ0v) is 16.0. The van der Waals surface area contributed by atoms with Crippen LogP contribution in [0, 0.1) is 0 Å². The summed E-state index contributed by atoms with van der Waals surface area (Å²) in [6.45, 7) is 1.42. The highest BCUT2D eigenvalue weighted by atomic mass is 35.5. The van der Waals surface area contributed by atoms with Crippen LogP contribution in [0.3, 0.4) is 0 Å². The lowest BCUT2D eigenvalue weighted by Crippen LogP contribution is -2.47. The number of nitrogens with one attached hydrogen (secondary N) is 1. The van der Waals surface area contributed by atoms with E-state index in [1.54, 1.807) is 17.2 Å².